The van der Waals surface area contributed by atoms with Crippen molar-refractivity contribution in [2.75, 3.05) is 7.11 Å². The second-order valence-electron chi connectivity index (χ2n) is 3.27. The minimum Gasteiger partial charge on any atom is -0.481 e. The highest BCUT2D eigenvalue weighted by Crippen LogP contribution is 2.26. The maximum absolute atomic E-state index is 11.2. The van der Waals surface area contributed by atoms with E-state index in [4.69, 9.17) is 10.8 Å². The van der Waals surface area contributed by atoms with Gasteiger partial charge in [-0.25, -0.2) is 0 Å². The molecule has 5 heteroatoms. The molecular weight excluding hydrogens is 174 g/mol. The van der Waals surface area contributed by atoms with E-state index < -0.39 is 23.4 Å². The first-order chi connectivity index (χ1) is 5.84. The summed E-state index contributed by atoms with van der Waals surface area (Å²) in [4.78, 5) is 21.7. The van der Waals surface area contributed by atoms with E-state index in [1.165, 1.54) is 14.0 Å². The highest BCUT2D eigenvalue weighted by atomic mass is 16.5. The van der Waals surface area contributed by atoms with Crippen LogP contribution in [0.3, 0.4) is 0 Å². The summed E-state index contributed by atoms with van der Waals surface area (Å²) in [6.45, 7) is 3.07. The number of hydrogen-bond donors (Lipinski definition) is 2. The molecule has 13 heavy (non-hydrogen) atoms. The van der Waals surface area contributed by atoms with Crippen LogP contribution in [-0.2, 0) is 14.3 Å². The maximum Gasteiger partial charge on any atom is 0.313 e. The van der Waals surface area contributed by atoms with Crippen molar-refractivity contribution in [2.45, 2.75) is 26.3 Å². The third kappa shape index (κ3) is 2.69. The lowest BCUT2D eigenvalue weighted by Crippen LogP contribution is -2.45. The minimum atomic E-state index is -1.15. The van der Waals surface area contributed by atoms with Crippen molar-refractivity contribution in [3.8, 4) is 0 Å². The van der Waals surface area contributed by atoms with E-state index in [1.54, 1.807) is 6.92 Å². The monoisotopic (exact) mass is 189 g/mol. The van der Waals surface area contributed by atoms with Crippen LogP contribution in [0.2, 0.25) is 0 Å². The van der Waals surface area contributed by atoms with Gasteiger partial charge >= 0.3 is 11.9 Å². The molecular formula is C8H15NO4. The predicted molar refractivity (Wildman–Crippen MR) is 46.0 cm³/mol. The highest BCUT2D eigenvalue weighted by molar-refractivity contribution is 5.83. The Balaban J connectivity index is 4.72. The van der Waals surface area contributed by atoms with Gasteiger partial charge in [0.25, 0.3) is 0 Å². The molecule has 0 spiro atoms. The van der Waals surface area contributed by atoms with Gasteiger partial charge in [-0.3, -0.25) is 9.59 Å². The molecule has 0 bridgehead atoms. The molecule has 2 atom stereocenters. The van der Waals surface area contributed by atoms with Gasteiger partial charge in [-0.15, -0.1) is 0 Å². The number of hydrogen-bond acceptors (Lipinski definition) is 4. The zero-order chi connectivity index (χ0) is 10.6. The number of nitrogens with two attached hydrogens (primary N) is 1. The molecule has 0 saturated heterocycles. The second kappa shape index (κ2) is 4.23. The van der Waals surface area contributed by atoms with Gasteiger partial charge in [0, 0.05) is 6.04 Å². The number of carbonyl (C=O) groups excluding carboxylic acids is 1. The van der Waals surface area contributed by atoms with Gasteiger partial charge < -0.3 is 15.6 Å². The molecule has 76 valence electrons. The summed E-state index contributed by atoms with van der Waals surface area (Å²) >= 11 is 0. The SMILES string of the molecule is COC(=O)C(C)(CC(=O)O)C(C)N. The van der Waals surface area contributed by atoms with Crippen LogP contribution in [-0.4, -0.2) is 30.2 Å². The molecule has 0 aromatic heterocycles. The first kappa shape index (κ1) is 11.9. The van der Waals surface area contributed by atoms with E-state index in [0.29, 0.717) is 0 Å². The third-order valence-electron chi connectivity index (χ3n) is 2.18. The van der Waals surface area contributed by atoms with Gasteiger partial charge in [0.2, 0.25) is 0 Å². The van der Waals surface area contributed by atoms with Gasteiger partial charge in [0.15, 0.2) is 0 Å². The first-order valence-corrected chi connectivity index (χ1v) is 3.90. The molecule has 5 nitrogen and oxygen atoms in total. The largest absolute Gasteiger partial charge is 0.481 e. The summed E-state index contributed by atoms with van der Waals surface area (Å²) in [7, 11) is 1.21. The molecule has 0 aliphatic heterocycles. The molecule has 0 amide bonds. The highest BCUT2D eigenvalue weighted by Gasteiger charge is 2.40. The molecule has 0 heterocycles. The lowest BCUT2D eigenvalue weighted by molar-refractivity contribution is -0.158. The Morgan fingerprint density at radius 2 is 2.08 bits per heavy atom. The maximum atomic E-state index is 11.2. The van der Waals surface area contributed by atoms with Crippen molar-refractivity contribution in [1.29, 1.82) is 0 Å². The van der Waals surface area contributed by atoms with Crippen LogP contribution in [0.15, 0.2) is 0 Å². The first-order valence-electron chi connectivity index (χ1n) is 3.90. The lowest BCUT2D eigenvalue weighted by atomic mass is 9.80. The summed E-state index contributed by atoms with van der Waals surface area (Å²) in [5.74, 6) is -1.66. The van der Waals surface area contributed by atoms with Crippen molar-refractivity contribution in [3.63, 3.8) is 0 Å². The van der Waals surface area contributed by atoms with Crippen molar-refractivity contribution in [1.82, 2.24) is 0 Å². The van der Waals surface area contributed by atoms with Crippen molar-refractivity contribution in [3.05, 3.63) is 0 Å². The van der Waals surface area contributed by atoms with Crippen LogP contribution >= 0.6 is 0 Å². The molecule has 3 N–H and O–H groups in total. The van der Waals surface area contributed by atoms with Crippen LogP contribution in [0, 0.1) is 5.41 Å². The van der Waals surface area contributed by atoms with Gasteiger partial charge in [0.1, 0.15) is 0 Å². The standard InChI is InChI=1S/C8H15NO4/c1-5(9)8(2,4-6(10)11)7(12)13-3/h5H,4,9H2,1-3H3,(H,10,11). The summed E-state index contributed by atoms with van der Waals surface area (Å²) in [6, 6.07) is -0.559. The Morgan fingerprint density at radius 3 is 2.31 bits per heavy atom. The van der Waals surface area contributed by atoms with Crippen LogP contribution in [0.4, 0.5) is 0 Å². The molecule has 2 unspecified atom stereocenters. The van der Waals surface area contributed by atoms with Crippen molar-refractivity contribution in [2.24, 2.45) is 11.1 Å². The number of aliphatic carboxylic acids is 1. The molecule has 0 fully saturated rings. The average Bonchev–Trinajstić information content (AvgIpc) is 2.01. The van der Waals surface area contributed by atoms with Gasteiger partial charge in [-0.1, -0.05) is 0 Å². The van der Waals surface area contributed by atoms with E-state index in [9.17, 15) is 9.59 Å². The number of rotatable bonds is 4. The molecule has 0 saturated carbocycles. The number of ether oxygens (including phenoxy) is 1. The second-order valence-corrected chi connectivity index (χ2v) is 3.27. The Kier molecular flexibility index (Phi) is 3.87. The third-order valence-corrected chi connectivity index (χ3v) is 2.18. The average molecular weight is 189 g/mol. The number of esters is 1. The number of carboxylic acid groups (broad SMARTS) is 1. The Morgan fingerprint density at radius 1 is 1.62 bits per heavy atom. The lowest BCUT2D eigenvalue weighted by Gasteiger charge is -2.28. The van der Waals surface area contributed by atoms with E-state index in [2.05, 4.69) is 4.74 Å². The van der Waals surface area contributed by atoms with E-state index >= 15 is 0 Å². The topological polar surface area (TPSA) is 89.6 Å². The van der Waals surface area contributed by atoms with Crippen LogP contribution in [0.25, 0.3) is 0 Å². The molecule has 0 aromatic carbocycles. The fourth-order valence-corrected chi connectivity index (χ4v) is 0.966. The molecule has 0 rings (SSSR count). The summed E-state index contributed by atoms with van der Waals surface area (Å²) in [6.07, 6.45) is -0.322. The number of carboxylic acids is 1. The summed E-state index contributed by atoms with van der Waals surface area (Å²) in [5, 5.41) is 8.58. The Labute approximate surface area is 76.9 Å². The molecule has 0 aromatic rings. The van der Waals surface area contributed by atoms with Crippen molar-refractivity contribution >= 4 is 11.9 Å². The summed E-state index contributed by atoms with van der Waals surface area (Å²) < 4.78 is 4.50. The van der Waals surface area contributed by atoms with Gasteiger partial charge in [-0.2, -0.15) is 0 Å². The van der Waals surface area contributed by atoms with E-state index in [0.717, 1.165) is 0 Å². The van der Waals surface area contributed by atoms with Gasteiger partial charge in [0.05, 0.1) is 18.9 Å². The van der Waals surface area contributed by atoms with Crippen LogP contribution in [0.5, 0.6) is 0 Å². The molecule has 0 aliphatic carbocycles. The van der Waals surface area contributed by atoms with Crippen molar-refractivity contribution < 1.29 is 19.4 Å². The van der Waals surface area contributed by atoms with Crippen LogP contribution in [0.1, 0.15) is 20.3 Å². The smallest absolute Gasteiger partial charge is 0.313 e. The zero-order valence-corrected chi connectivity index (χ0v) is 8.03. The normalized spacial score (nSPS) is 17.2. The fourth-order valence-electron chi connectivity index (χ4n) is 0.966. The quantitative estimate of drug-likeness (QED) is 0.607. The summed E-state index contributed by atoms with van der Waals surface area (Å²) in [5.41, 5.74) is 4.38. The Bertz CT molecular complexity index is 214. The number of methoxy groups -OCH3 is 1. The molecule has 0 aliphatic rings. The van der Waals surface area contributed by atoms with E-state index in [-0.39, 0.29) is 6.42 Å². The minimum absolute atomic E-state index is 0.322. The van der Waals surface area contributed by atoms with Gasteiger partial charge in [-0.05, 0) is 13.8 Å². The zero-order valence-electron chi connectivity index (χ0n) is 8.03. The molecule has 0 radical (unpaired) electrons. The number of carbonyl (C=O) groups is 2. The fraction of sp³-hybridized carbons (Fsp3) is 0.750. The van der Waals surface area contributed by atoms with Crippen LogP contribution < -0.4 is 5.73 Å². The Hall–Kier alpha value is -1.10. The predicted octanol–water partition coefficient (Wildman–Crippen LogP) is -0.0124. The van der Waals surface area contributed by atoms with E-state index in [1.807, 2.05) is 0 Å².